The lowest BCUT2D eigenvalue weighted by atomic mass is 10.2. The van der Waals surface area contributed by atoms with Crippen molar-refractivity contribution in [1.29, 1.82) is 0 Å². The molecule has 2 N–H and O–H groups in total. The first-order valence-electron chi connectivity index (χ1n) is 8.70. The molecule has 0 spiro atoms. The van der Waals surface area contributed by atoms with Gasteiger partial charge >= 0.3 is 0 Å². The molecule has 136 valence electrons. The van der Waals surface area contributed by atoms with Crippen LogP contribution in [-0.4, -0.2) is 32.0 Å². The second-order valence-electron chi connectivity index (χ2n) is 6.15. The molecule has 1 saturated heterocycles. The normalized spacial score (nSPS) is 13.6. The summed E-state index contributed by atoms with van der Waals surface area (Å²) < 4.78 is 5.18. The van der Waals surface area contributed by atoms with Gasteiger partial charge in [0.1, 0.15) is 5.75 Å². The lowest BCUT2D eigenvalue weighted by Crippen LogP contribution is -2.30. The van der Waals surface area contributed by atoms with Crippen LogP contribution in [0.2, 0.25) is 0 Å². The van der Waals surface area contributed by atoms with E-state index >= 15 is 0 Å². The van der Waals surface area contributed by atoms with Crippen LogP contribution in [0.1, 0.15) is 18.4 Å². The third-order valence-electron chi connectivity index (χ3n) is 4.33. The largest absolute Gasteiger partial charge is 0.497 e. The van der Waals surface area contributed by atoms with Crippen LogP contribution in [0.5, 0.6) is 5.75 Å². The Balaban J connectivity index is 1.55. The van der Waals surface area contributed by atoms with Crippen molar-refractivity contribution in [2.45, 2.75) is 19.4 Å². The molecule has 6 heteroatoms. The Kier molecular flexibility index (Phi) is 5.73. The lowest BCUT2D eigenvalue weighted by molar-refractivity contribution is -0.119. The number of ether oxygens (including phenoxy) is 1. The van der Waals surface area contributed by atoms with E-state index in [-0.39, 0.29) is 18.4 Å². The van der Waals surface area contributed by atoms with E-state index < -0.39 is 0 Å². The lowest BCUT2D eigenvalue weighted by Gasteiger charge is -2.20. The van der Waals surface area contributed by atoms with E-state index in [1.807, 2.05) is 48.5 Å². The highest BCUT2D eigenvalue weighted by Gasteiger charge is 2.23. The molecule has 1 fully saturated rings. The van der Waals surface area contributed by atoms with Crippen LogP contribution in [0.25, 0.3) is 0 Å². The zero-order chi connectivity index (χ0) is 18.4. The van der Waals surface area contributed by atoms with Gasteiger partial charge in [-0.25, -0.2) is 0 Å². The summed E-state index contributed by atoms with van der Waals surface area (Å²) in [4.78, 5) is 25.9. The smallest absolute Gasteiger partial charge is 0.239 e. The summed E-state index contributed by atoms with van der Waals surface area (Å²) in [6.07, 6.45) is 1.45. The maximum absolute atomic E-state index is 12.2. The van der Waals surface area contributed by atoms with E-state index in [4.69, 9.17) is 4.74 Å². The number of anilines is 2. The molecule has 1 aliphatic rings. The Bertz CT molecular complexity index is 791. The number of carbonyl (C=O) groups is 2. The molecule has 0 atom stereocenters. The first-order chi connectivity index (χ1) is 12.7. The molecular weight excluding hydrogens is 330 g/mol. The first kappa shape index (κ1) is 17.8. The Morgan fingerprint density at radius 3 is 2.81 bits per heavy atom. The minimum absolute atomic E-state index is 0.115. The number of hydrogen-bond acceptors (Lipinski definition) is 4. The number of methoxy groups -OCH3 is 1. The van der Waals surface area contributed by atoms with Crippen LogP contribution in [-0.2, 0) is 16.1 Å². The minimum Gasteiger partial charge on any atom is -0.497 e. The molecule has 0 unspecified atom stereocenters. The number of nitrogens with zero attached hydrogens (tertiary/aromatic N) is 1. The Morgan fingerprint density at radius 1 is 1.19 bits per heavy atom. The molecule has 26 heavy (non-hydrogen) atoms. The average molecular weight is 353 g/mol. The molecule has 0 saturated carbocycles. The van der Waals surface area contributed by atoms with E-state index in [1.165, 1.54) is 0 Å². The van der Waals surface area contributed by atoms with Gasteiger partial charge in [0, 0.05) is 19.5 Å². The number of hydrogen-bond donors (Lipinski definition) is 2. The van der Waals surface area contributed by atoms with Gasteiger partial charge in [-0.2, -0.15) is 0 Å². The van der Waals surface area contributed by atoms with Gasteiger partial charge in [0.05, 0.1) is 25.0 Å². The Hall–Kier alpha value is -3.02. The number of carbonyl (C=O) groups excluding carboxylic acids is 2. The first-order valence-corrected chi connectivity index (χ1v) is 8.70. The number of benzene rings is 2. The van der Waals surface area contributed by atoms with E-state index in [2.05, 4.69) is 10.6 Å². The summed E-state index contributed by atoms with van der Waals surface area (Å²) in [5, 5.41) is 6.02. The van der Waals surface area contributed by atoms with Crippen LogP contribution < -0.4 is 20.3 Å². The fourth-order valence-electron chi connectivity index (χ4n) is 2.98. The number of nitrogens with one attached hydrogen (secondary N) is 2. The molecule has 2 aromatic rings. The van der Waals surface area contributed by atoms with Crippen molar-refractivity contribution in [3.05, 3.63) is 54.1 Å². The van der Waals surface area contributed by atoms with Gasteiger partial charge in [0.25, 0.3) is 0 Å². The van der Waals surface area contributed by atoms with E-state index in [0.29, 0.717) is 13.0 Å². The third kappa shape index (κ3) is 4.33. The van der Waals surface area contributed by atoms with Gasteiger partial charge in [-0.05, 0) is 36.2 Å². The predicted octanol–water partition coefficient (Wildman–Crippen LogP) is 2.55. The summed E-state index contributed by atoms with van der Waals surface area (Å²) in [5.41, 5.74) is 2.59. The fourth-order valence-corrected chi connectivity index (χ4v) is 2.98. The summed E-state index contributed by atoms with van der Waals surface area (Å²) in [6, 6.07) is 15.2. The second kappa shape index (κ2) is 8.38. The zero-order valence-corrected chi connectivity index (χ0v) is 14.8. The van der Waals surface area contributed by atoms with Crippen molar-refractivity contribution in [2.75, 3.05) is 30.4 Å². The topological polar surface area (TPSA) is 70.7 Å². The second-order valence-corrected chi connectivity index (χ2v) is 6.15. The van der Waals surface area contributed by atoms with Crippen molar-refractivity contribution >= 4 is 23.2 Å². The number of rotatable bonds is 7. The van der Waals surface area contributed by atoms with Crippen LogP contribution in [0.4, 0.5) is 11.4 Å². The van der Waals surface area contributed by atoms with Gasteiger partial charge in [0.15, 0.2) is 0 Å². The van der Waals surface area contributed by atoms with Crippen molar-refractivity contribution in [3.8, 4) is 5.75 Å². The molecule has 0 bridgehead atoms. The predicted molar refractivity (Wildman–Crippen MR) is 101 cm³/mol. The van der Waals surface area contributed by atoms with Crippen molar-refractivity contribution in [3.63, 3.8) is 0 Å². The molecule has 6 nitrogen and oxygen atoms in total. The summed E-state index contributed by atoms with van der Waals surface area (Å²) >= 11 is 0. The monoisotopic (exact) mass is 353 g/mol. The third-order valence-corrected chi connectivity index (χ3v) is 4.33. The van der Waals surface area contributed by atoms with Crippen molar-refractivity contribution in [1.82, 2.24) is 5.32 Å². The van der Waals surface area contributed by atoms with Gasteiger partial charge in [-0.1, -0.05) is 24.3 Å². The number of para-hydroxylation sites is 2. The van der Waals surface area contributed by atoms with E-state index in [0.717, 1.165) is 35.7 Å². The molecule has 1 heterocycles. The molecule has 0 aliphatic carbocycles. The average Bonchev–Trinajstić information content (AvgIpc) is 3.11. The Morgan fingerprint density at radius 2 is 2.04 bits per heavy atom. The van der Waals surface area contributed by atoms with Crippen LogP contribution in [0.3, 0.4) is 0 Å². The van der Waals surface area contributed by atoms with Gasteiger partial charge in [-0.3, -0.25) is 9.59 Å². The molecule has 2 amide bonds. The minimum atomic E-state index is -0.115. The number of amides is 2. The maximum Gasteiger partial charge on any atom is 0.239 e. The molecular formula is C20H23N3O3. The standard InChI is InChI=1S/C20H23N3O3/c1-26-16-7-4-6-15(12-16)13-22-19(24)14-21-17-8-2-3-9-18(17)23-11-5-10-20(23)25/h2-4,6-9,12,21H,5,10-11,13-14H2,1H3,(H,22,24). The fraction of sp³-hybridized carbons (Fsp3) is 0.300. The quantitative estimate of drug-likeness (QED) is 0.803. The van der Waals surface area contributed by atoms with Crippen LogP contribution >= 0.6 is 0 Å². The van der Waals surface area contributed by atoms with Crippen LogP contribution in [0, 0.1) is 0 Å². The highest BCUT2D eigenvalue weighted by Crippen LogP contribution is 2.29. The van der Waals surface area contributed by atoms with Crippen LogP contribution in [0.15, 0.2) is 48.5 Å². The van der Waals surface area contributed by atoms with Gasteiger partial charge < -0.3 is 20.3 Å². The molecule has 1 aliphatic heterocycles. The maximum atomic E-state index is 12.2. The summed E-state index contributed by atoms with van der Waals surface area (Å²) in [7, 11) is 1.62. The summed E-state index contributed by atoms with van der Waals surface area (Å²) in [6.45, 7) is 1.30. The molecule has 0 radical (unpaired) electrons. The van der Waals surface area contributed by atoms with Crippen molar-refractivity contribution in [2.24, 2.45) is 0 Å². The Labute approximate surface area is 153 Å². The van der Waals surface area contributed by atoms with Gasteiger partial charge in [-0.15, -0.1) is 0 Å². The van der Waals surface area contributed by atoms with E-state index in [1.54, 1.807) is 12.0 Å². The SMILES string of the molecule is COc1cccc(CNC(=O)CNc2ccccc2N2CCCC2=O)c1. The highest BCUT2D eigenvalue weighted by molar-refractivity contribution is 5.98. The molecule has 2 aromatic carbocycles. The highest BCUT2D eigenvalue weighted by atomic mass is 16.5. The van der Waals surface area contributed by atoms with Gasteiger partial charge in [0.2, 0.25) is 11.8 Å². The summed E-state index contributed by atoms with van der Waals surface area (Å²) in [5.74, 6) is 0.774. The van der Waals surface area contributed by atoms with Crippen molar-refractivity contribution < 1.29 is 14.3 Å². The molecule has 3 rings (SSSR count). The molecule has 0 aromatic heterocycles. The van der Waals surface area contributed by atoms with E-state index in [9.17, 15) is 9.59 Å². The zero-order valence-electron chi connectivity index (χ0n) is 14.8.